The van der Waals surface area contributed by atoms with Crippen molar-refractivity contribution in [1.29, 1.82) is 0 Å². The van der Waals surface area contributed by atoms with Crippen LogP contribution in [0.5, 0.6) is 11.5 Å². The van der Waals surface area contributed by atoms with Crippen LogP contribution in [0.4, 0.5) is 11.4 Å². The zero-order chi connectivity index (χ0) is 17.2. The highest BCUT2D eigenvalue weighted by molar-refractivity contribution is 5.51. The predicted molar refractivity (Wildman–Crippen MR) is 93.2 cm³/mol. The van der Waals surface area contributed by atoms with Gasteiger partial charge >= 0.3 is 0 Å². The van der Waals surface area contributed by atoms with Crippen LogP contribution in [-0.4, -0.2) is 42.8 Å². The fraction of sp³-hybridized carbons (Fsp3) is 0.333. The number of nitro benzene ring substituents is 1. The zero-order valence-corrected chi connectivity index (χ0v) is 13.8. The Bertz CT molecular complexity index is 770. The van der Waals surface area contributed by atoms with Gasteiger partial charge in [0.1, 0.15) is 0 Å². The Morgan fingerprint density at radius 2 is 1.76 bits per heavy atom. The van der Waals surface area contributed by atoms with Gasteiger partial charge in [0.25, 0.3) is 5.69 Å². The van der Waals surface area contributed by atoms with E-state index >= 15 is 0 Å². The Morgan fingerprint density at radius 1 is 1.00 bits per heavy atom. The first-order valence-electron chi connectivity index (χ1n) is 8.30. The van der Waals surface area contributed by atoms with Crippen LogP contribution in [-0.2, 0) is 6.54 Å². The van der Waals surface area contributed by atoms with Crippen molar-refractivity contribution in [1.82, 2.24) is 4.90 Å². The van der Waals surface area contributed by atoms with Crippen molar-refractivity contribution in [3.8, 4) is 11.5 Å². The number of piperazine rings is 1. The summed E-state index contributed by atoms with van der Waals surface area (Å²) in [5.41, 5.74) is 2.31. The number of fused-ring (bicyclic) bond motifs is 1. The van der Waals surface area contributed by atoms with Crippen LogP contribution >= 0.6 is 0 Å². The smallest absolute Gasteiger partial charge is 0.269 e. The maximum atomic E-state index is 10.8. The molecule has 0 N–H and O–H groups in total. The van der Waals surface area contributed by atoms with E-state index in [2.05, 4.69) is 15.9 Å². The number of para-hydroxylation sites is 1. The second kappa shape index (κ2) is 6.60. The van der Waals surface area contributed by atoms with Gasteiger partial charge in [0.2, 0.25) is 6.79 Å². The first-order chi connectivity index (χ1) is 12.2. The number of nitro groups is 1. The topological polar surface area (TPSA) is 68.1 Å². The second-order valence-corrected chi connectivity index (χ2v) is 6.19. The number of hydrogen-bond donors (Lipinski definition) is 0. The third-order valence-corrected chi connectivity index (χ3v) is 4.67. The summed E-state index contributed by atoms with van der Waals surface area (Å²) >= 11 is 0. The maximum Gasteiger partial charge on any atom is 0.269 e. The van der Waals surface area contributed by atoms with Gasteiger partial charge in [-0.15, -0.1) is 0 Å². The summed E-state index contributed by atoms with van der Waals surface area (Å²) in [6.07, 6.45) is 0. The average Bonchev–Trinajstić information content (AvgIpc) is 3.12. The van der Waals surface area contributed by atoms with Crippen molar-refractivity contribution in [2.75, 3.05) is 37.9 Å². The monoisotopic (exact) mass is 341 g/mol. The summed E-state index contributed by atoms with van der Waals surface area (Å²) in [4.78, 5) is 15.0. The van der Waals surface area contributed by atoms with E-state index in [0.717, 1.165) is 55.5 Å². The van der Waals surface area contributed by atoms with Crippen LogP contribution in [0.2, 0.25) is 0 Å². The minimum absolute atomic E-state index is 0.127. The normalized spacial score (nSPS) is 16.9. The molecule has 2 aromatic rings. The lowest BCUT2D eigenvalue weighted by atomic mass is 10.1. The highest BCUT2D eigenvalue weighted by Crippen LogP contribution is 2.36. The Labute approximate surface area is 145 Å². The van der Waals surface area contributed by atoms with Crippen LogP contribution in [0.25, 0.3) is 0 Å². The summed E-state index contributed by atoms with van der Waals surface area (Å²) in [7, 11) is 0. The van der Waals surface area contributed by atoms with E-state index in [1.807, 2.05) is 24.3 Å². The van der Waals surface area contributed by atoms with Gasteiger partial charge in [-0.05, 0) is 18.2 Å². The summed E-state index contributed by atoms with van der Waals surface area (Å²) in [5, 5.41) is 10.8. The SMILES string of the molecule is O=[N+]([O-])c1ccc(N2CCN(Cc3cccc4c3OCO4)CC2)cc1. The fourth-order valence-corrected chi connectivity index (χ4v) is 3.31. The van der Waals surface area contributed by atoms with Crippen LogP contribution in [0.3, 0.4) is 0 Å². The molecule has 4 rings (SSSR count). The van der Waals surface area contributed by atoms with Crippen LogP contribution < -0.4 is 14.4 Å². The summed E-state index contributed by atoms with van der Waals surface area (Å²) in [5.74, 6) is 1.68. The standard InChI is InChI=1S/C18H19N3O4/c22-21(23)16-6-4-15(5-7-16)20-10-8-19(9-11-20)12-14-2-1-3-17-18(14)25-13-24-17/h1-7H,8-13H2. The van der Waals surface area contributed by atoms with Crippen molar-refractivity contribution in [3.63, 3.8) is 0 Å². The molecule has 7 nitrogen and oxygen atoms in total. The molecule has 7 heteroatoms. The molecule has 1 fully saturated rings. The van der Waals surface area contributed by atoms with E-state index in [1.54, 1.807) is 12.1 Å². The third-order valence-electron chi connectivity index (χ3n) is 4.67. The quantitative estimate of drug-likeness (QED) is 0.629. The molecular weight excluding hydrogens is 322 g/mol. The second-order valence-electron chi connectivity index (χ2n) is 6.19. The summed E-state index contributed by atoms with van der Waals surface area (Å²) < 4.78 is 11.0. The van der Waals surface area contributed by atoms with Gasteiger partial charge in [-0.1, -0.05) is 12.1 Å². The van der Waals surface area contributed by atoms with E-state index in [1.165, 1.54) is 0 Å². The minimum Gasteiger partial charge on any atom is -0.454 e. The molecule has 0 aliphatic carbocycles. The molecule has 2 heterocycles. The van der Waals surface area contributed by atoms with Crippen LogP contribution in [0.1, 0.15) is 5.56 Å². The largest absolute Gasteiger partial charge is 0.454 e. The molecule has 2 aliphatic heterocycles. The van der Waals surface area contributed by atoms with Crippen LogP contribution in [0.15, 0.2) is 42.5 Å². The van der Waals surface area contributed by atoms with E-state index in [0.29, 0.717) is 6.79 Å². The summed E-state index contributed by atoms with van der Waals surface area (Å²) in [6.45, 7) is 4.78. The molecule has 0 bridgehead atoms. The van der Waals surface area contributed by atoms with Gasteiger partial charge < -0.3 is 14.4 Å². The number of ether oxygens (including phenoxy) is 2. The average molecular weight is 341 g/mol. The maximum absolute atomic E-state index is 10.8. The van der Waals surface area contributed by atoms with E-state index < -0.39 is 0 Å². The molecule has 2 aliphatic rings. The van der Waals surface area contributed by atoms with Gasteiger partial charge in [-0.3, -0.25) is 15.0 Å². The molecule has 130 valence electrons. The first-order valence-corrected chi connectivity index (χ1v) is 8.30. The Hall–Kier alpha value is -2.80. The highest BCUT2D eigenvalue weighted by atomic mass is 16.7. The van der Waals surface area contributed by atoms with Gasteiger partial charge in [0.05, 0.1) is 4.92 Å². The van der Waals surface area contributed by atoms with Crippen molar-refractivity contribution in [3.05, 3.63) is 58.1 Å². The number of benzene rings is 2. The lowest BCUT2D eigenvalue weighted by Crippen LogP contribution is -2.45. The first kappa shape index (κ1) is 15.7. The minimum atomic E-state index is -0.369. The van der Waals surface area contributed by atoms with Crippen molar-refractivity contribution >= 4 is 11.4 Å². The Balaban J connectivity index is 1.37. The summed E-state index contributed by atoms with van der Waals surface area (Å²) in [6, 6.07) is 12.8. The molecule has 0 spiro atoms. The van der Waals surface area contributed by atoms with Crippen LogP contribution in [0, 0.1) is 10.1 Å². The molecule has 0 atom stereocenters. The van der Waals surface area contributed by atoms with Gasteiger partial charge in [-0.25, -0.2) is 0 Å². The van der Waals surface area contributed by atoms with E-state index in [4.69, 9.17) is 9.47 Å². The number of rotatable bonds is 4. The zero-order valence-electron chi connectivity index (χ0n) is 13.8. The van der Waals surface area contributed by atoms with E-state index in [-0.39, 0.29) is 10.6 Å². The molecule has 1 saturated heterocycles. The van der Waals surface area contributed by atoms with Gasteiger partial charge in [0.15, 0.2) is 11.5 Å². The third kappa shape index (κ3) is 3.23. The Kier molecular flexibility index (Phi) is 4.15. The molecule has 0 unspecified atom stereocenters. The lowest BCUT2D eigenvalue weighted by molar-refractivity contribution is -0.384. The van der Waals surface area contributed by atoms with Gasteiger partial charge in [-0.2, -0.15) is 0 Å². The van der Waals surface area contributed by atoms with E-state index in [9.17, 15) is 10.1 Å². The number of nitrogens with zero attached hydrogens (tertiary/aromatic N) is 3. The molecule has 0 radical (unpaired) electrons. The molecule has 0 aromatic heterocycles. The molecule has 0 saturated carbocycles. The Morgan fingerprint density at radius 3 is 2.48 bits per heavy atom. The number of hydrogen-bond acceptors (Lipinski definition) is 6. The lowest BCUT2D eigenvalue weighted by Gasteiger charge is -2.36. The molecular formula is C18H19N3O4. The highest BCUT2D eigenvalue weighted by Gasteiger charge is 2.22. The molecule has 2 aromatic carbocycles. The fourth-order valence-electron chi connectivity index (χ4n) is 3.31. The number of anilines is 1. The van der Waals surface area contributed by atoms with Crippen molar-refractivity contribution in [2.24, 2.45) is 0 Å². The van der Waals surface area contributed by atoms with Gasteiger partial charge in [0, 0.05) is 56.1 Å². The molecule has 25 heavy (non-hydrogen) atoms. The van der Waals surface area contributed by atoms with Crippen molar-refractivity contribution in [2.45, 2.75) is 6.54 Å². The van der Waals surface area contributed by atoms with Crippen molar-refractivity contribution < 1.29 is 14.4 Å². The predicted octanol–water partition coefficient (Wildman–Crippen LogP) is 2.65. The number of non-ortho nitro benzene ring substituents is 1. The molecule has 0 amide bonds.